The average Bonchev–Trinajstić information content (AvgIpc) is 2.69. The number of anilines is 2. The molecule has 2 aromatic rings. The summed E-state index contributed by atoms with van der Waals surface area (Å²) in [4.78, 5) is 17.0. The van der Waals surface area contributed by atoms with Gasteiger partial charge >= 0.3 is 6.18 Å². The van der Waals surface area contributed by atoms with Crippen LogP contribution in [0.15, 0.2) is 30.5 Å². The Morgan fingerprint density at radius 3 is 2.77 bits per heavy atom. The predicted molar refractivity (Wildman–Crippen MR) is 105 cm³/mol. The van der Waals surface area contributed by atoms with Crippen LogP contribution in [0.1, 0.15) is 24.0 Å². The van der Waals surface area contributed by atoms with Crippen molar-refractivity contribution < 1.29 is 27.8 Å². The van der Waals surface area contributed by atoms with E-state index in [-0.39, 0.29) is 23.3 Å². The molecule has 0 spiro atoms. The second-order valence-corrected chi connectivity index (χ2v) is 7.76. The van der Waals surface area contributed by atoms with Gasteiger partial charge in [-0.2, -0.15) is 13.2 Å². The van der Waals surface area contributed by atoms with Gasteiger partial charge in [-0.15, -0.1) is 0 Å². The maximum absolute atomic E-state index is 12.8. The van der Waals surface area contributed by atoms with Gasteiger partial charge in [-0.3, -0.25) is 4.79 Å². The fourth-order valence-corrected chi connectivity index (χ4v) is 3.95. The van der Waals surface area contributed by atoms with Crippen LogP contribution in [0.4, 0.5) is 24.7 Å². The summed E-state index contributed by atoms with van der Waals surface area (Å²) < 4.78 is 44.3. The van der Waals surface area contributed by atoms with Crippen molar-refractivity contribution in [3.05, 3.63) is 46.6 Å². The number of nitrogens with zero attached hydrogens (tertiary/aromatic N) is 2. The molecule has 0 bridgehead atoms. The van der Waals surface area contributed by atoms with Crippen molar-refractivity contribution in [3.63, 3.8) is 0 Å². The molecule has 0 saturated carbocycles. The number of piperidine rings is 1. The molecule has 30 heavy (non-hydrogen) atoms. The van der Waals surface area contributed by atoms with E-state index in [0.29, 0.717) is 31.6 Å². The number of aromatic nitrogens is 1. The third-order valence-corrected chi connectivity index (χ3v) is 5.51. The highest BCUT2D eigenvalue weighted by Crippen LogP contribution is 2.35. The predicted octanol–water partition coefficient (Wildman–Crippen LogP) is 3.66. The number of alkyl halides is 3. The van der Waals surface area contributed by atoms with Crippen molar-refractivity contribution in [1.82, 2.24) is 4.98 Å². The molecule has 0 unspecified atom stereocenters. The van der Waals surface area contributed by atoms with Gasteiger partial charge in [-0.05, 0) is 36.2 Å². The number of amides is 1. The van der Waals surface area contributed by atoms with Gasteiger partial charge in [0, 0.05) is 37.8 Å². The number of aryl methyl sites for hydroxylation is 1. The second kappa shape index (κ2) is 7.96. The summed E-state index contributed by atoms with van der Waals surface area (Å²) in [7, 11) is 0. The van der Waals surface area contributed by atoms with Crippen LogP contribution in [0.3, 0.4) is 0 Å². The quantitative estimate of drug-likeness (QED) is 0.760. The summed E-state index contributed by atoms with van der Waals surface area (Å²) in [6.07, 6.45) is -3.67. The molecule has 2 aliphatic rings. The molecule has 1 amide bonds. The number of carbonyl (C=O) groups excluding carboxylic acids is 1. The molecule has 2 N–H and O–H groups in total. The molecule has 1 saturated heterocycles. The summed E-state index contributed by atoms with van der Waals surface area (Å²) in [6.45, 7) is 0.546. The van der Waals surface area contributed by atoms with E-state index >= 15 is 0 Å². The number of aliphatic hydroxyl groups excluding tert-OH is 1. The highest BCUT2D eigenvalue weighted by molar-refractivity contribution is 6.33. The zero-order chi connectivity index (χ0) is 21.5. The normalized spacial score (nSPS) is 21.8. The topological polar surface area (TPSA) is 74.7 Å². The fraction of sp³-hybridized carbons (Fsp3) is 0.400. The zero-order valence-corrected chi connectivity index (χ0v) is 16.5. The highest BCUT2D eigenvalue weighted by Gasteiger charge is 2.34. The maximum Gasteiger partial charge on any atom is 0.417 e. The van der Waals surface area contributed by atoms with Gasteiger partial charge in [-0.1, -0.05) is 11.6 Å². The van der Waals surface area contributed by atoms with Crippen molar-refractivity contribution in [2.45, 2.75) is 37.6 Å². The Hall–Kier alpha value is -2.52. The Kier molecular flexibility index (Phi) is 5.50. The van der Waals surface area contributed by atoms with E-state index < -0.39 is 23.9 Å². The van der Waals surface area contributed by atoms with Gasteiger partial charge in [0.15, 0.2) is 0 Å². The summed E-state index contributed by atoms with van der Waals surface area (Å²) >= 11 is 6.01. The molecule has 1 fully saturated rings. The van der Waals surface area contributed by atoms with Crippen LogP contribution in [0.25, 0.3) is 0 Å². The zero-order valence-electron chi connectivity index (χ0n) is 15.7. The van der Waals surface area contributed by atoms with Crippen LogP contribution in [-0.4, -0.2) is 41.3 Å². The number of β-amino-alcohol motifs (C(OH)–C–C–N with tert-alkyl or cyclic N) is 1. The van der Waals surface area contributed by atoms with E-state index in [1.54, 1.807) is 17.0 Å². The van der Waals surface area contributed by atoms with Gasteiger partial charge in [0.25, 0.3) is 0 Å². The Balaban J connectivity index is 1.42. The van der Waals surface area contributed by atoms with E-state index in [1.165, 1.54) is 0 Å². The lowest BCUT2D eigenvalue weighted by atomic mass is 10.0. The monoisotopic (exact) mass is 441 g/mol. The lowest BCUT2D eigenvalue weighted by molar-refractivity contribution is -0.137. The number of benzene rings is 1. The fourth-order valence-electron chi connectivity index (χ4n) is 3.67. The number of ether oxygens (including phenoxy) is 1. The number of rotatable bonds is 3. The van der Waals surface area contributed by atoms with Gasteiger partial charge in [0.1, 0.15) is 23.8 Å². The van der Waals surface area contributed by atoms with E-state index in [2.05, 4.69) is 10.3 Å². The van der Waals surface area contributed by atoms with Crippen LogP contribution in [-0.2, 0) is 17.4 Å². The molecule has 6 nitrogen and oxygen atoms in total. The molecular weight excluding hydrogens is 423 g/mol. The van der Waals surface area contributed by atoms with Crippen molar-refractivity contribution in [3.8, 4) is 5.75 Å². The number of fused-ring (bicyclic) bond motifs is 1. The molecule has 2 aliphatic heterocycles. The van der Waals surface area contributed by atoms with E-state index in [1.807, 2.05) is 6.07 Å². The van der Waals surface area contributed by atoms with Crippen molar-refractivity contribution in [2.75, 3.05) is 23.3 Å². The molecule has 1 aromatic heterocycles. The second-order valence-electron chi connectivity index (χ2n) is 7.35. The average molecular weight is 442 g/mol. The summed E-state index contributed by atoms with van der Waals surface area (Å²) in [5.41, 5.74) is 0.815. The van der Waals surface area contributed by atoms with Crippen molar-refractivity contribution in [1.29, 1.82) is 0 Å². The number of nitrogens with one attached hydrogen (secondary N) is 1. The molecule has 0 radical (unpaired) electrons. The van der Waals surface area contributed by atoms with Crippen LogP contribution in [0.5, 0.6) is 5.75 Å². The third kappa shape index (κ3) is 4.32. The molecule has 160 valence electrons. The number of hydrogen-bond donors (Lipinski definition) is 2. The Morgan fingerprint density at radius 2 is 2.07 bits per heavy atom. The molecule has 0 aliphatic carbocycles. The molecule has 3 heterocycles. The van der Waals surface area contributed by atoms with E-state index in [4.69, 9.17) is 16.3 Å². The van der Waals surface area contributed by atoms with Gasteiger partial charge in [0.05, 0.1) is 10.6 Å². The summed E-state index contributed by atoms with van der Waals surface area (Å²) in [5, 5.41) is 13.2. The number of carbonyl (C=O) groups is 1. The Labute approximate surface area is 175 Å². The minimum atomic E-state index is -4.52. The first-order valence-corrected chi connectivity index (χ1v) is 9.83. The lowest BCUT2D eigenvalue weighted by Crippen LogP contribution is -2.49. The summed E-state index contributed by atoms with van der Waals surface area (Å²) in [6, 6.07) is 6.19. The van der Waals surface area contributed by atoms with E-state index in [9.17, 15) is 23.1 Å². The summed E-state index contributed by atoms with van der Waals surface area (Å²) in [5.74, 6) is 0.772. The SMILES string of the molecule is O=C1CCc2cc(O[C@@H]3CCN(c4ncc(C(F)(F)F)cc4Cl)C[C@H]3O)ccc2N1. The minimum Gasteiger partial charge on any atom is -0.488 e. The van der Waals surface area contributed by atoms with Crippen LogP contribution >= 0.6 is 11.6 Å². The number of hydrogen-bond acceptors (Lipinski definition) is 5. The first-order chi connectivity index (χ1) is 14.2. The Bertz CT molecular complexity index is 970. The first kappa shape index (κ1) is 20.7. The smallest absolute Gasteiger partial charge is 0.417 e. The highest BCUT2D eigenvalue weighted by atomic mass is 35.5. The molecule has 2 atom stereocenters. The number of aliphatic hydroxyl groups is 1. The minimum absolute atomic E-state index is 0.0190. The third-order valence-electron chi connectivity index (χ3n) is 5.23. The maximum atomic E-state index is 12.8. The number of halogens is 4. The molecular formula is C20H19ClF3N3O3. The molecule has 10 heteroatoms. The lowest BCUT2D eigenvalue weighted by Gasteiger charge is -2.37. The number of pyridine rings is 1. The standard InChI is InChI=1S/C20H19ClF3N3O3/c21-14-8-12(20(22,23)24)9-25-19(14)27-6-5-17(16(28)10-27)30-13-2-3-15-11(7-13)1-4-18(29)26-15/h2-3,7-9,16-17,28H,1,4-6,10H2,(H,26,29)/t16-,17-/m1/s1. The van der Waals surface area contributed by atoms with Gasteiger partial charge in [0.2, 0.25) is 5.91 Å². The van der Waals surface area contributed by atoms with E-state index in [0.717, 1.165) is 23.5 Å². The molecule has 4 rings (SSSR count). The van der Waals surface area contributed by atoms with Gasteiger partial charge in [-0.25, -0.2) is 4.98 Å². The Morgan fingerprint density at radius 1 is 1.27 bits per heavy atom. The van der Waals surface area contributed by atoms with Crippen LogP contribution < -0.4 is 15.0 Å². The van der Waals surface area contributed by atoms with Crippen molar-refractivity contribution >= 4 is 29.0 Å². The van der Waals surface area contributed by atoms with Crippen molar-refractivity contribution in [2.24, 2.45) is 0 Å². The largest absolute Gasteiger partial charge is 0.488 e. The first-order valence-electron chi connectivity index (χ1n) is 9.46. The van der Waals surface area contributed by atoms with Gasteiger partial charge < -0.3 is 20.1 Å². The molecule has 1 aromatic carbocycles. The van der Waals surface area contributed by atoms with Crippen LogP contribution in [0, 0.1) is 0 Å². The van der Waals surface area contributed by atoms with Crippen LogP contribution in [0.2, 0.25) is 5.02 Å².